The van der Waals surface area contributed by atoms with Gasteiger partial charge in [-0.2, -0.15) is 0 Å². The molecule has 0 unspecified atom stereocenters. The number of hydrogen-bond donors (Lipinski definition) is 0. The molecule has 2 fully saturated rings. The fourth-order valence-corrected chi connectivity index (χ4v) is 4.37. The van der Waals surface area contributed by atoms with E-state index in [1.165, 1.54) is 11.3 Å². The molecule has 2 aliphatic heterocycles. The van der Waals surface area contributed by atoms with E-state index in [-0.39, 0.29) is 11.8 Å². The first kappa shape index (κ1) is 18.2. The lowest BCUT2D eigenvalue weighted by molar-refractivity contribution is -0.134. The number of carbonyl (C=O) groups is 2. The van der Waals surface area contributed by atoms with Crippen molar-refractivity contribution in [2.24, 2.45) is 0 Å². The number of nitrogens with zero attached hydrogens (tertiary/aromatic N) is 4. The van der Waals surface area contributed by atoms with E-state index in [1.54, 1.807) is 6.26 Å². The number of amides is 2. The number of hydrogen-bond acceptors (Lipinski definition) is 6. The van der Waals surface area contributed by atoms with Crippen LogP contribution in [0, 0.1) is 0 Å². The van der Waals surface area contributed by atoms with Crippen molar-refractivity contribution in [3.05, 3.63) is 29.5 Å². The lowest BCUT2D eigenvalue weighted by Gasteiger charge is -2.35. The molecule has 0 radical (unpaired) electrons. The first-order chi connectivity index (χ1) is 13.2. The van der Waals surface area contributed by atoms with Crippen LogP contribution < -0.4 is 0 Å². The molecule has 8 heteroatoms. The number of furan rings is 1. The zero-order chi connectivity index (χ0) is 18.6. The van der Waals surface area contributed by atoms with Crippen molar-refractivity contribution in [2.45, 2.75) is 19.3 Å². The van der Waals surface area contributed by atoms with Crippen LogP contribution in [0.25, 0.3) is 10.8 Å². The van der Waals surface area contributed by atoms with Crippen molar-refractivity contribution in [1.82, 2.24) is 19.7 Å². The Hall–Kier alpha value is -2.19. The van der Waals surface area contributed by atoms with Crippen LogP contribution in [0.3, 0.4) is 0 Å². The van der Waals surface area contributed by atoms with Gasteiger partial charge in [-0.15, -0.1) is 11.3 Å². The number of likely N-dealkylation sites (tertiary alicyclic amines) is 1. The Bertz CT molecular complexity index is 775. The van der Waals surface area contributed by atoms with E-state index in [9.17, 15) is 9.59 Å². The molecule has 0 atom stereocenters. The Labute approximate surface area is 162 Å². The summed E-state index contributed by atoms with van der Waals surface area (Å²) in [7, 11) is 0. The van der Waals surface area contributed by atoms with Gasteiger partial charge in [-0.05, 0) is 25.0 Å². The standard InChI is InChI=1S/C19H24N4O3S/c24-17(12-15-14-27-19(20-15)16-4-3-11-26-16)23-9-7-21(8-10-23)13-18(25)22-5-1-2-6-22/h3-4,11,14H,1-2,5-10,12-13H2. The van der Waals surface area contributed by atoms with Crippen LogP contribution in [0.1, 0.15) is 18.5 Å². The third-order valence-corrected chi connectivity index (χ3v) is 6.06. The molecule has 2 aromatic rings. The van der Waals surface area contributed by atoms with E-state index in [0.717, 1.165) is 55.5 Å². The van der Waals surface area contributed by atoms with Crippen LogP contribution >= 0.6 is 11.3 Å². The lowest BCUT2D eigenvalue weighted by atomic mass is 10.2. The summed E-state index contributed by atoms with van der Waals surface area (Å²) in [6.45, 7) is 5.10. The Kier molecular flexibility index (Phi) is 5.54. The van der Waals surface area contributed by atoms with E-state index < -0.39 is 0 Å². The monoisotopic (exact) mass is 388 g/mol. The van der Waals surface area contributed by atoms with Crippen LogP contribution in [0.2, 0.25) is 0 Å². The van der Waals surface area contributed by atoms with Gasteiger partial charge in [-0.1, -0.05) is 0 Å². The highest BCUT2D eigenvalue weighted by Gasteiger charge is 2.25. The molecule has 4 rings (SSSR count). The summed E-state index contributed by atoms with van der Waals surface area (Å²) in [5.74, 6) is 1.05. The van der Waals surface area contributed by atoms with Gasteiger partial charge in [0, 0.05) is 44.6 Å². The first-order valence-electron chi connectivity index (χ1n) is 9.45. The van der Waals surface area contributed by atoms with Gasteiger partial charge >= 0.3 is 0 Å². The molecule has 2 amide bonds. The first-order valence-corrected chi connectivity index (χ1v) is 10.3. The van der Waals surface area contributed by atoms with Crippen LogP contribution in [0.15, 0.2) is 28.2 Å². The van der Waals surface area contributed by atoms with Crippen LogP contribution in [-0.2, 0) is 16.0 Å². The van der Waals surface area contributed by atoms with Crippen molar-refractivity contribution >= 4 is 23.2 Å². The maximum absolute atomic E-state index is 12.6. The van der Waals surface area contributed by atoms with E-state index in [4.69, 9.17) is 4.42 Å². The molecule has 7 nitrogen and oxygen atoms in total. The third kappa shape index (κ3) is 4.39. The fraction of sp³-hybridized carbons (Fsp3) is 0.526. The molecule has 27 heavy (non-hydrogen) atoms. The predicted octanol–water partition coefficient (Wildman–Crippen LogP) is 1.71. The summed E-state index contributed by atoms with van der Waals surface area (Å²) < 4.78 is 5.35. The maximum atomic E-state index is 12.6. The second-order valence-electron chi connectivity index (χ2n) is 7.04. The molecular weight excluding hydrogens is 364 g/mol. The van der Waals surface area contributed by atoms with E-state index in [2.05, 4.69) is 9.88 Å². The second kappa shape index (κ2) is 8.22. The van der Waals surface area contributed by atoms with Crippen LogP contribution in [0.5, 0.6) is 0 Å². The van der Waals surface area contributed by atoms with E-state index in [0.29, 0.717) is 26.1 Å². The van der Waals surface area contributed by atoms with E-state index >= 15 is 0 Å². The SMILES string of the molecule is O=C(Cc1csc(-c2ccco2)n1)N1CCN(CC(=O)N2CCCC2)CC1. The summed E-state index contributed by atoms with van der Waals surface area (Å²) in [4.78, 5) is 35.3. The molecular formula is C19H24N4O3S. The molecule has 144 valence electrons. The Balaban J connectivity index is 1.24. The Morgan fingerprint density at radius 1 is 1.04 bits per heavy atom. The quantitative estimate of drug-likeness (QED) is 0.780. The summed E-state index contributed by atoms with van der Waals surface area (Å²) in [5, 5.41) is 2.72. The van der Waals surface area contributed by atoms with Crippen molar-refractivity contribution in [2.75, 3.05) is 45.8 Å². The number of piperazine rings is 1. The number of carbonyl (C=O) groups excluding carboxylic acids is 2. The number of rotatable bonds is 5. The van der Waals surface area contributed by atoms with Gasteiger partial charge in [0.25, 0.3) is 0 Å². The van der Waals surface area contributed by atoms with Crippen molar-refractivity contribution in [3.8, 4) is 10.8 Å². The minimum Gasteiger partial charge on any atom is -0.462 e. The van der Waals surface area contributed by atoms with Crippen molar-refractivity contribution < 1.29 is 14.0 Å². The molecule has 2 aromatic heterocycles. The van der Waals surface area contributed by atoms with Crippen LogP contribution in [0.4, 0.5) is 0 Å². The summed E-state index contributed by atoms with van der Waals surface area (Å²) in [6, 6.07) is 3.70. The minimum atomic E-state index is 0.0943. The zero-order valence-corrected chi connectivity index (χ0v) is 16.1. The highest BCUT2D eigenvalue weighted by molar-refractivity contribution is 7.13. The molecule has 0 bridgehead atoms. The molecule has 2 saturated heterocycles. The van der Waals surface area contributed by atoms with Gasteiger partial charge < -0.3 is 14.2 Å². The molecule has 0 saturated carbocycles. The van der Waals surface area contributed by atoms with Gasteiger partial charge in [0.15, 0.2) is 10.8 Å². The van der Waals surface area contributed by atoms with Gasteiger partial charge in [0.2, 0.25) is 11.8 Å². The van der Waals surface area contributed by atoms with Crippen molar-refractivity contribution in [3.63, 3.8) is 0 Å². The second-order valence-corrected chi connectivity index (χ2v) is 7.90. The Morgan fingerprint density at radius 3 is 2.48 bits per heavy atom. The highest BCUT2D eigenvalue weighted by Crippen LogP contribution is 2.24. The normalized spacial score (nSPS) is 18.2. The highest BCUT2D eigenvalue weighted by atomic mass is 32.1. The molecule has 0 spiro atoms. The molecule has 0 aromatic carbocycles. The molecule has 0 N–H and O–H groups in total. The van der Waals surface area contributed by atoms with Gasteiger partial charge in [0.05, 0.1) is 24.9 Å². The van der Waals surface area contributed by atoms with Crippen molar-refractivity contribution in [1.29, 1.82) is 0 Å². The number of aromatic nitrogens is 1. The molecule has 0 aliphatic carbocycles. The smallest absolute Gasteiger partial charge is 0.236 e. The predicted molar refractivity (Wildman–Crippen MR) is 102 cm³/mol. The summed E-state index contributed by atoms with van der Waals surface area (Å²) in [5.41, 5.74) is 0.781. The van der Waals surface area contributed by atoms with Gasteiger partial charge in [0.1, 0.15) is 0 Å². The topological polar surface area (TPSA) is 69.9 Å². The number of thiazole rings is 1. The minimum absolute atomic E-state index is 0.0943. The lowest BCUT2D eigenvalue weighted by Crippen LogP contribution is -2.51. The average Bonchev–Trinajstić information content (AvgIpc) is 3.43. The zero-order valence-electron chi connectivity index (χ0n) is 15.3. The van der Waals surface area contributed by atoms with Gasteiger partial charge in [-0.3, -0.25) is 14.5 Å². The van der Waals surface area contributed by atoms with E-state index in [1.807, 2.05) is 27.3 Å². The third-order valence-electron chi connectivity index (χ3n) is 5.16. The van der Waals surface area contributed by atoms with Gasteiger partial charge in [-0.25, -0.2) is 4.98 Å². The molecule has 2 aliphatic rings. The fourth-order valence-electron chi connectivity index (χ4n) is 3.58. The summed E-state index contributed by atoms with van der Waals surface area (Å²) >= 11 is 1.49. The average molecular weight is 388 g/mol. The molecule has 4 heterocycles. The maximum Gasteiger partial charge on any atom is 0.236 e. The largest absolute Gasteiger partial charge is 0.462 e. The summed E-state index contributed by atoms with van der Waals surface area (Å²) in [6.07, 6.45) is 4.16. The Morgan fingerprint density at radius 2 is 1.78 bits per heavy atom. The van der Waals surface area contributed by atoms with Crippen LogP contribution in [-0.4, -0.2) is 77.3 Å².